The second kappa shape index (κ2) is 3.97. The van der Waals surface area contributed by atoms with Crippen LogP contribution in [0.4, 0.5) is 0 Å². The van der Waals surface area contributed by atoms with Crippen molar-refractivity contribution >= 4 is 5.97 Å². The van der Waals surface area contributed by atoms with Crippen LogP contribution in [-0.2, 0) is 9.53 Å². The van der Waals surface area contributed by atoms with Crippen LogP contribution < -0.4 is 0 Å². The number of hydrogen-bond acceptors (Lipinski definition) is 3. The van der Waals surface area contributed by atoms with Gasteiger partial charge in [-0.15, -0.1) is 0 Å². The minimum Gasteiger partial charge on any atom is -0.466 e. The molecule has 1 rings (SSSR count). The summed E-state index contributed by atoms with van der Waals surface area (Å²) in [7, 11) is 0. The van der Waals surface area contributed by atoms with E-state index in [4.69, 9.17) is 10.3 Å². The highest BCUT2D eigenvalue weighted by Gasteiger charge is 2.43. The molecule has 0 aromatic carbocycles. The fourth-order valence-electron chi connectivity index (χ4n) is 1.13. The summed E-state index contributed by atoms with van der Waals surface area (Å²) in [6, 6.07) is 0. The lowest BCUT2D eigenvalue weighted by Crippen LogP contribution is -2.08. The van der Waals surface area contributed by atoms with Crippen molar-refractivity contribution in [3.8, 4) is 0 Å². The number of nitrogens with zero attached hydrogens (tertiary/aromatic N) is 3. The smallest absolute Gasteiger partial charge is 0.309 e. The Morgan fingerprint density at radius 1 is 1.83 bits per heavy atom. The molecule has 1 fully saturated rings. The van der Waals surface area contributed by atoms with Gasteiger partial charge in [-0.25, -0.2) is 0 Å². The van der Waals surface area contributed by atoms with Gasteiger partial charge in [-0.05, 0) is 24.8 Å². The second-order valence-corrected chi connectivity index (χ2v) is 2.77. The molecule has 1 saturated carbocycles. The molecule has 5 nitrogen and oxygen atoms in total. The van der Waals surface area contributed by atoms with E-state index in [2.05, 4.69) is 10.0 Å². The molecule has 0 spiro atoms. The molecule has 0 heterocycles. The second-order valence-electron chi connectivity index (χ2n) is 2.77. The van der Waals surface area contributed by atoms with Gasteiger partial charge in [0.25, 0.3) is 0 Å². The maximum Gasteiger partial charge on any atom is 0.309 e. The van der Waals surface area contributed by atoms with Crippen LogP contribution in [0.1, 0.15) is 13.3 Å². The fraction of sp³-hybridized carbons (Fsp3) is 0.857. The molecule has 2 atom stereocenters. The van der Waals surface area contributed by atoms with Crippen LogP contribution in [0.2, 0.25) is 0 Å². The number of rotatable bonds is 4. The van der Waals surface area contributed by atoms with E-state index in [1.54, 1.807) is 6.92 Å². The van der Waals surface area contributed by atoms with E-state index in [1.165, 1.54) is 0 Å². The molecule has 1 aliphatic rings. The number of ether oxygens (including phenoxy) is 1. The van der Waals surface area contributed by atoms with E-state index in [1.807, 2.05) is 0 Å². The predicted molar refractivity (Wildman–Crippen MR) is 42.2 cm³/mol. The fourth-order valence-corrected chi connectivity index (χ4v) is 1.13. The van der Waals surface area contributed by atoms with Gasteiger partial charge in [-0.1, -0.05) is 5.11 Å². The topological polar surface area (TPSA) is 75.1 Å². The lowest BCUT2D eigenvalue weighted by Gasteiger charge is -1.98. The summed E-state index contributed by atoms with van der Waals surface area (Å²) in [5, 5.41) is 3.40. The van der Waals surface area contributed by atoms with Crippen molar-refractivity contribution in [1.29, 1.82) is 0 Å². The molecule has 0 N–H and O–H groups in total. The van der Waals surface area contributed by atoms with Crippen LogP contribution in [0.25, 0.3) is 10.4 Å². The van der Waals surface area contributed by atoms with E-state index < -0.39 is 0 Å². The van der Waals surface area contributed by atoms with Crippen LogP contribution in [-0.4, -0.2) is 19.1 Å². The summed E-state index contributed by atoms with van der Waals surface area (Å²) in [6.45, 7) is 2.62. The molecule has 0 bridgehead atoms. The first-order chi connectivity index (χ1) is 5.79. The molecule has 0 unspecified atom stereocenters. The van der Waals surface area contributed by atoms with Gasteiger partial charge in [0.1, 0.15) is 0 Å². The summed E-state index contributed by atoms with van der Waals surface area (Å²) in [5.74, 6) is 0.0473. The van der Waals surface area contributed by atoms with Gasteiger partial charge in [0.05, 0.1) is 12.5 Å². The highest BCUT2D eigenvalue weighted by Crippen LogP contribution is 2.39. The average Bonchev–Trinajstić information content (AvgIpc) is 2.80. The Morgan fingerprint density at radius 2 is 2.58 bits per heavy atom. The number of hydrogen-bond donors (Lipinski definition) is 0. The molecule has 0 amide bonds. The monoisotopic (exact) mass is 169 g/mol. The zero-order valence-electron chi connectivity index (χ0n) is 6.93. The normalized spacial score (nSPS) is 25.8. The number of azide groups is 1. The predicted octanol–water partition coefficient (Wildman–Crippen LogP) is 1.50. The Hall–Kier alpha value is -1.22. The Balaban J connectivity index is 2.22. The first-order valence-corrected chi connectivity index (χ1v) is 3.97. The summed E-state index contributed by atoms with van der Waals surface area (Å²) < 4.78 is 4.80. The van der Waals surface area contributed by atoms with Crippen molar-refractivity contribution in [3.63, 3.8) is 0 Å². The van der Waals surface area contributed by atoms with Gasteiger partial charge >= 0.3 is 5.97 Å². The lowest BCUT2D eigenvalue weighted by molar-refractivity contribution is -0.145. The molecule has 0 aromatic rings. The molecule has 1 aliphatic carbocycles. The first-order valence-electron chi connectivity index (χ1n) is 3.97. The maximum absolute atomic E-state index is 11.0. The molecule has 0 radical (unpaired) electrons. The van der Waals surface area contributed by atoms with E-state index in [9.17, 15) is 4.79 Å². The largest absolute Gasteiger partial charge is 0.466 e. The molecule has 12 heavy (non-hydrogen) atoms. The Morgan fingerprint density at radius 3 is 3.17 bits per heavy atom. The quantitative estimate of drug-likeness (QED) is 0.277. The minimum atomic E-state index is -0.157. The third kappa shape index (κ3) is 2.13. The molecule has 5 heteroatoms. The summed E-state index contributed by atoms with van der Waals surface area (Å²) in [4.78, 5) is 13.7. The maximum atomic E-state index is 11.0. The highest BCUT2D eigenvalue weighted by atomic mass is 16.5. The van der Waals surface area contributed by atoms with Gasteiger partial charge in [0, 0.05) is 11.5 Å². The third-order valence-corrected chi connectivity index (χ3v) is 1.89. The van der Waals surface area contributed by atoms with Crippen molar-refractivity contribution in [2.24, 2.45) is 17.0 Å². The van der Waals surface area contributed by atoms with Gasteiger partial charge < -0.3 is 4.74 Å². The van der Waals surface area contributed by atoms with E-state index in [-0.39, 0.29) is 17.8 Å². The van der Waals surface area contributed by atoms with E-state index in [0.717, 1.165) is 6.42 Å². The van der Waals surface area contributed by atoms with Crippen LogP contribution in [0.3, 0.4) is 0 Å². The molecule has 66 valence electrons. The van der Waals surface area contributed by atoms with Gasteiger partial charge in [-0.3, -0.25) is 4.79 Å². The molecule has 0 aromatic heterocycles. The standard InChI is InChI=1S/C7H11N3O2/c1-2-12-7(11)6-3-5(6)4-9-10-8/h5-6H,2-4H2,1H3/t5-,6+/m0/s1. The van der Waals surface area contributed by atoms with Crippen LogP contribution in [0, 0.1) is 11.8 Å². The van der Waals surface area contributed by atoms with Crippen molar-refractivity contribution in [1.82, 2.24) is 0 Å². The average molecular weight is 169 g/mol. The van der Waals surface area contributed by atoms with Crippen LogP contribution in [0.15, 0.2) is 5.11 Å². The molecule has 0 aliphatic heterocycles. The zero-order valence-corrected chi connectivity index (χ0v) is 6.93. The number of carbonyl (C=O) groups excluding carboxylic acids is 1. The van der Waals surface area contributed by atoms with Crippen molar-refractivity contribution in [2.75, 3.05) is 13.2 Å². The Labute approximate surface area is 70.3 Å². The Bertz CT molecular complexity index is 223. The number of carbonyl (C=O) groups is 1. The lowest BCUT2D eigenvalue weighted by atomic mass is 10.3. The van der Waals surface area contributed by atoms with Crippen molar-refractivity contribution in [2.45, 2.75) is 13.3 Å². The minimum absolute atomic E-state index is 0.0181. The highest BCUT2D eigenvalue weighted by molar-refractivity contribution is 5.75. The van der Waals surface area contributed by atoms with Gasteiger partial charge in [-0.2, -0.15) is 0 Å². The summed E-state index contributed by atoms with van der Waals surface area (Å²) >= 11 is 0. The molecule has 0 saturated heterocycles. The number of esters is 1. The zero-order chi connectivity index (χ0) is 8.97. The van der Waals surface area contributed by atoms with Crippen molar-refractivity contribution in [3.05, 3.63) is 10.4 Å². The van der Waals surface area contributed by atoms with Crippen molar-refractivity contribution < 1.29 is 9.53 Å². The molecular formula is C7H11N3O2. The SMILES string of the molecule is CCOC(=O)[C@@H]1C[C@H]1CN=[N+]=[N-]. The first kappa shape index (κ1) is 8.87. The summed E-state index contributed by atoms with van der Waals surface area (Å²) in [5.41, 5.74) is 8.01. The van der Waals surface area contributed by atoms with E-state index >= 15 is 0 Å². The Kier molecular flexibility index (Phi) is 2.94. The third-order valence-electron chi connectivity index (χ3n) is 1.89. The van der Waals surface area contributed by atoms with Gasteiger partial charge in [0.2, 0.25) is 0 Å². The summed E-state index contributed by atoms with van der Waals surface area (Å²) in [6.07, 6.45) is 0.803. The van der Waals surface area contributed by atoms with E-state index in [0.29, 0.717) is 13.2 Å². The van der Waals surface area contributed by atoms with Crippen LogP contribution >= 0.6 is 0 Å². The van der Waals surface area contributed by atoms with Crippen LogP contribution in [0.5, 0.6) is 0 Å². The van der Waals surface area contributed by atoms with Gasteiger partial charge in [0.15, 0.2) is 0 Å². The molecular weight excluding hydrogens is 158 g/mol.